The highest BCUT2D eigenvalue weighted by Crippen LogP contribution is 2.46. The molecule has 4 N–H and O–H groups in total. The Morgan fingerprint density at radius 3 is 2.64 bits per heavy atom. The number of H-pyrrole nitrogens is 1. The number of rotatable bonds is 3. The van der Waals surface area contributed by atoms with Gasteiger partial charge in [0.1, 0.15) is 11.6 Å². The Bertz CT molecular complexity index is 1470. The van der Waals surface area contributed by atoms with E-state index in [2.05, 4.69) is 15.3 Å². The molecule has 2 amide bonds. The molecule has 0 bridgehead atoms. The smallest absolute Gasteiger partial charge is 0.411 e. The largest absolute Gasteiger partial charge is 0.465 e. The normalized spacial score (nSPS) is 17.5. The number of halogens is 3. The third-order valence-corrected chi connectivity index (χ3v) is 5.69. The molecule has 166 valence electrons. The molecule has 8 nitrogen and oxygen atoms in total. The fourth-order valence-corrected chi connectivity index (χ4v) is 4.16. The molecule has 2 heterocycles. The molecule has 0 fully saturated rings. The Morgan fingerprint density at radius 1 is 1.12 bits per heavy atom. The zero-order valence-corrected chi connectivity index (χ0v) is 17.2. The summed E-state index contributed by atoms with van der Waals surface area (Å²) in [5.41, 5.74) is -1.42. The number of imidazole rings is 1. The molecule has 5 rings (SSSR count). The molecule has 1 aliphatic heterocycles. The zero-order valence-electron chi connectivity index (χ0n) is 16.4. The number of fused-ring (bicyclic) bond motifs is 2. The maximum atomic E-state index is 14.8. The minimum Gasteiger partial charge on any atom is -0.465 e. The van der Waals surface area contributed by atoms with Crippen LogP contribution in [-0.2, 0) is 5.72 Å². The average molecular weight is 471 g/mol. The Hall–Kier alpha value is -4.02. The van der Waals surface area contributed by atoms with Crippen LogP contribution >= 0.6 is 11.6 Å². The number of nitrogens with one attached hydrogen (secondary N) is 2. The van der Waals surface area contributed by atoms with Crippen molar-refractivity contribution in [2.75, 3.05) is 10.2 Å². The third kappa shape index (κ3) is 3.11. The van der Waals surface area contributed by atoms with Crippen LogP contribution in [0.5, 0.6) is 0 Å². The van der Waals surface area contributed by atoms with E-state index in [1.807, 2.05) is 0 Å². The minimum atomic E-state index is -2.19. The first-order valence-electron chi connectivity index (χ1n) is 9.51. The summed E-state index contributed by atoms with van der Waals surface area (Å²) in [6.07, 6.45) is -1.32. The second-order valence-corrected chi connectivity index (χ2v) is 7.73. The van der Waals surface area contributed by atoms with Crippen LogP contribution in [0.15, 0.2) is 54.6 Å². The van der Waals surface area contributed by atoms with Crippen LogP contribution < -0.4 is 10.2 Å². The molecule has 1 atom stereocenters. The Kier molecular flexibility index (Phi) is 4.59. The zero-order chi connectivity index (χ0) is 23.5. The van der Waals surface area contributed by atoms with Crippen molar-refractivity contribution < 1.29 is 28.6 Å². The Labute approximate surface area is 189 Å². The van der Waals surface area contributed by atoms with Crippen molar-refractivity contribution >= 4 is 46.3 Å². The number of aliphatic hydroxyl groups is 1. The summed E-state index contributed by atoms with van der Waals surface area (Å²) in [6, 6.07) is 12.1. The second-order valence-electron chi connectivity index (χ2n) is 7.32. The van der Waals surface area contributed by atoms with Crippen molar-refractivity contribution in [1.29, 1.82) is 0 Å². The number of anilines is 2. The topological polar surface area (TPSA) is 119 Å². The molecule has 1 unspecified atom stereocenters. The van der Waals surface area contributed by atoms with Crippen molar-refractivity contribution in [3.05, 3.63) is 87.9 Å². The number of carbonyl (C=O) groups is 2. The van der Waals surface area contributed by atoms with Gasteiger partial charge in [0, 0.05) is 22.8 Å². The van der Waals surface area contributed by atoms with Crippen molar-refractivity contribution in [3.63, 3.8) is 0 Å². The highest BCUT2D eigenvalue weighted by molar-refractivity contribution is 6.31. The molecule has 1 aliphatic rings. The number of benzene rings is 3. The van der Waals surface area contributed by atoms with Crippen molar-refractivity contribution in [2.24, 2.45) is 0 Å². The first kappa shape index (κ1) is 20.9. The highest BCUT2D eigenvalue weighted by Gasteiger charge is 2.51. The van der Waals surface area contributed by atoms with Gasteiger partial charge in [-0.2, -0.15) is 0 Å². The fraction of sp³-hybridized carbons (Fsp3) is 0.0455. The van der Waals surface area contributed by atoms with E-state index in [1.54, 1.807) is 12.1 Å². The summed E-state index contributed by atoms with van der Waals surface area (Å²) in [5, 5.41) is 22.5. The van der Waals surface area contributed by atoms with Crippen LogP contribution in [0, 0.1) is 11.6 Å². The number of amides is 2. The molecule has 3 aromatic carbocycles. The van der Waals surface area contributed by atoms with Crippen LogP contribution in [0.25, 0.3) is 11.0 Å². The molecule has 0 aliphatic carbocycles. The molecule has 0 saturated carbocycles. The second kappa shape index (κ2) is 7.26. The van der Waals surface area contributed by atoms with Gasteiger partial charge in [0.05, 0.1) is 21.7 Å². The summed E-state index contributed by atoms with van der Waals surface area (Å²) in [6.45, 7) is 0. The first-order chi connectivity index (χ1) is 15.7. The number of aromatic nitrogens is 2. The Morgan fingerprint density at radius 2 is 1.88 bits per heavy atom. The van der Waals surface area contributed by atoms with Crippen LogP contribution in [0.1, 0.15) is 21.5 Å². The van der Waals surface area contributed by atoms with E-state index in [-0.39, 0.29) is 22.6 Å². The van der Waals surface area contributed by atoms with Gasteiger partial charge < -0.3 is 15.2 Å². The third-order valence-electron chi connectivity index (χ3n) is 5.40. The lowest BCUT2D eigenvalue weighted by atomic mass is 9.93. The van der Waals surface area contributed by atoms with Crippen LogP contribution in [0.3, 0.4) is 0 Å². The van der Waals surface area contributed by atoms with Crippen LogP contribution in [0.4, 0.5) is 25.2 Å². The van der Waals surface area contributed by atoms with Crippen LogP contribution in [0.2, 0.25) is 5.02 Å². The lowest BCUT2D eigenvalue weighted by Crippen LogP contribution is -2.45. The predicted octanol–water partition coefficient (Wildman–Crippen LogP) is 4.44. The average Bonchev–Trinajstić information content (AvgIpc) is 3.27. The lowest BCUT2D eigenvalue weighted by Gasteiger charge is -2.35. The van der Waals surface area contributed by atoms with E-state index < -0.39 is 40.1 Å². The SMILES string of the molecule is O=C(O)Nc1nc2ccc(C3(O)c4ccccc4C(=O)N3c3cc(Cl)c(F)cc3F)cc2[nH]1. The van der Waals surface area contributed by atoms with Crippen molar-refractivity contribution in [3.8, 4) is 0 Å². The van der Waals surface area contributed by atoms with Gasteiger partial charge in [0.2, 0.25) is 5.95 Å². The molecule has 0 radical (unpaired) electrons. The molecule has 0 saturated heterocycles. The monoisotopic (exact) mass is 470 g/mol. The quantitative estimate of drug-likeness (QED) is 0.330. The highest BCUT2D eigenvalue weighted by atomic mass is 35.5. The summed E-state index contributed by atoms with van der Waals surface area (Å²) in [5.74, 6) is -2.86. The fourth-order valence-electron chi connectivity index (χ4n) is 4.00. The van der Waals surface area contributed by atoms with Crippen molar-refractivity contribution in [1.82, 2.24) is 9.97 Å². The number of hydrogen-bond acceptors (Lipinski definition) is 4. The van der Waals surface area contributed by atoms with E-state index in [1.165, 1.54) is 30.3 Å². The molecule has 0 spiro atoms. The number of hydrogen-bond donors (Lipinski definition) is 4. The first-order valence-corrected chi connectivity index (χ1v) is 9.89. The maximum Gasteiger partial charge on any atom is 0.411 e. The standard InChI is InChI=1S/C22H13ClF2N4O4/c23-13-8-18(15(25)9-14(13)24)29-19(30)11-3-1-2-4-12(11)22(29,33)10-5-6-16-17(7-10)27-20(26-16)28-21(31)32/h1-9,33H,(H,31,32)(H2,26,27,28). The van der Waals surface area contributed by atoms with E-state index in [0.717, 1.165) is 11.0 Å². The Balaban J connectivity index is 1.74. The summed E-state index contributed by atoms with van der Waals surface area (Å²) in [7, 11) is 0. The number of carboxylic acid groups (broad SMARTS) is 1. The number of aromatic amines is 1. The number of nitrogens with zero attached hydrogens (tertiary/aromatic N) is 2. The van der Waals surface area contributed by atoms with E-state index in [9.17, 15) is 23.5 Å². The van der Waals surface area contributed by atoms with E-state index >= 15 is 0 Å². The summed E-state index contributed by atoms with van der Waals surface area (Å²) in [4.78, 5) is 31.9. The van der Waals surface area contributed by atoms with Gasteiger partial charge >= 0.3 is 6.09 Å². The minimum absolute atomic E-state index is 0.0437. The van der Waals surface area contributed by atoms with Gasteiger partial charge in [-0.15, -0.1) is 0 Å². The van der Waals surface area contributed by atoms with Gasteiger partial charge in [-0.25, -0.2) is 18.6 Å². The van der Waals surface area contributed by atoms with Gasteiger partial charge in [-0.05, 0) is 24.3 Å². The van der Waals surface area contributed by atoms with Gasteiger partial charge in [0.15, 0.2) is 5.72 Å². The summed E-state index contributed by atoms with van der Waals surface area (Å²) >= 11 is 5.86. The molecule has 1 aromatic heterocycles. The molecule has 33 heavy (non-hydrogen) atoms. The number of carbonyl (C=O) groups excluding carboxylic acids is 1. The predicted molar refractivity (Wildman–Crippen MR) is 115 cm³/mol. The van der Waals surface area contributed by atoms with Gasteiger partial charge in [-0.1, -0.05) is 35.9 Å². The van der Waals surface area contributed by atoms with Gasteiger partial charge in [0.25, 0.3) is 5.91 Å². The molecular formula is C22H13ClF2N4O4. The maximum absolute atomic E-state index is 14.8. The lowest BCUT2D eigenvalue weighted by molar-refractivity contribution is 0.0699. The van der Waals surface area contributed by atoms with Crippen molar-refractivity contribution in [2.45, 2.75) is 5.72 Å². The van der Waals surface area contributed by atoms with Crippen LogP contribution in [-0.4, -0.2) is 32.2 Å². The van der Waals surface area contributed by atoms with E-state index in [4.69, 9.17) is 16.7 Å². The molecule has 4 aromatic rings. The summed E-state index contributed by atoms with van der Waals surface area (Å²) < 4.78 is 28.6. The molecular weight excluding hydrogens is 458 g/mol. The van der Waals surface area contributed by atoms with Gasteiger partial charge in [-0.3, -0.25) is 15.0 Å². The molecule has 11 heteroatoms. The van der Waals surface area contributed by atoms with E-state index in [0.29, 0.717) is 17.1 Å².